The van der Waals surface area contributed by atoms with E-state index in [-0.39, 0.29) is 23.1 Å². The number of fused-ring (bicyclic) bond motifs is 4. The lowest BCUT2D eigenvalue weighted by atomic mass is 9.90. The Morgan fingerprint density at radius 1 is 1.06 bits per heavy atom. The van der Waals surface area contributed by atoms with E-state index in [0.29, 0.717) is 42.7 Å². The number of amides is 1. The van der Waals surface area contributed by atoms with Crippen molar-refractivity contribution >= 4 is 22.6 Å². The smallest absolute Gasteiger partial charge is 0.258 e. The van der Waals surface area contributed by atoms with E-state index in [4.69, 9.17) is 4.42 Å². The number of para-hydroxylation sites is 1. The topological polar surface area (TPSA) is 66.3 Å². The molecule has 2 aromatic heterocycles. The normalized spacial score (nSPS) is 18.0. The van der Waals surface area contributed by atoms with Crippen molar-refractivity contribution in [2.45, 2.75) is 31.7 Å². The van der Waals surface area contributed by atoms with Gasteiger partial charge in [0.15, 0.2) is 5.78 Å². The molecule has 0 saturated carbocycles. The molecule has 1 unspecified atom stereocenters. The van der Waals surface area contributed by atoms with E-state index < -0.39 is 6.04 Å². The highest BCUT2D eigenvalue weighted by atomic mass is 19.1. The molecule has 0 bridgehead atoms. The lowest BCUT2D eigenvalue weighted by molar-refractivity contribution is 0.0684. The first-order valence-electron chi connectivity index (χ1n) is 10.9. The van der Waals surface area contributed by atoms with Gasteiger partial charge in [-0.3, -0.25) is 9.59 Å². The van der Waals surface area contributed by atoms with Gasteiger partial charge in [0.25, 0.3) is 5.91 Å². The molecule has 0 radical (unpaired) electrons. The van der Waals surface area contributed by atoms with E-state index in [9.17, 15) is 9.59 Å². The maximum absolute atomic E-state index is 15.0. The molecule has 5 nitrogen and oxygen atoms in total. The molecule has 1 N–H and O–H groups in total. The number of carbonyl (C=O) groups is 2. The summed E-state index contributed by atoms with van der Waals surface area (Å²) in [6.07, 6.45) is 3.83. The van der Waals surface area contributed by atoms with E-state index in [1.165, 1.54) is 12.3 Å². The fourth-order valence-corrected chi connectivity index (χ4v) is 5.21. The Balaban J connectivity index is 1.52. The van der Waals surface area contributed by atoms with Crippen LogP contribution < -0.4 is 0 Å². The molecule has 2 aliphatic rings. The van der Waals surface area contributed by atoms with Crippen LogP contribution >= 0.6 is 0 Å². The average Bonchev–Trinajstić information content (AvgIpc) is 3.41. The Morgan fingerprint density at radius 2 is 1.88 bits per heavy atom. The first-order chi connectivity index (χ1) is 15.6. The fraction of sp³-hybridized carbons (Fsp3) is 0.231. The summed E-state index contributed by atoms with van der Waals surface area (Å²) in [7, 11) is 0. The third-order valence-electron chi connectivity index (χ3n) is 6.68. The van der Waals surface area contributed by atoms with Gasteiger partial charge in [0.2, 0.25) is 0 Å². The summed E-state index contributed by atoms with van der Waals surface area (Å²) in [5, 5.41) is 1.09. The van der Waals surface area contributed by atoms with Gasteiger partial charge in [-0.05, 0) is 30.5 Å². The van der Waals surface area contributed by atoms with Gasteiger partial charge in [-0.25, -0.2) is 4.39 Å². The molecule has 1 aliphatic carbocycles. The second-order valence-electron chi connectivity index (χ2n) is 8.46. The highest BCUT2D eigenvalue weighted by Crippen LogP contribution is 2.40. The lowest BCUT2D eigenvalue weighted by Gasteiger charge is -2.36. The Morgan fingerprint density at radius 3 is 2.75 bits per heavy atom. The number of halogens is 1. The minimum Gasteiger partial charge on any atom is -0.468 e. The number of rotatable bonds is 2. The van der Waals surface area contributed by atoms with Crippen molar-refractivity contribution in [2.75, 3.05) is 6.54 Å². The molecule has 1 aliphatic heterocycles. The maximum atomic E-state index is 15.0. The van der Waals surface area contributed by atoms with Crippen molar-refractivity contribution in [3.63, 3.8) is 0 Å². The summed E-state index contributed by atoms with van der Waals surface area (Å²) in [5.41, 5.74) is 3.99. The molecule has 0 fully saturated rings. The Labute approximate surface area is 183 Å². The lowest BCUT2D eigenvalue weighted by Crippen LogP contribution is -2.41. The van der Waals surface area contributed by atoms with Crippen LogP contribution in [0.15, 0.2) is 59.2 Å². The molecule has 6 heteroatoms. The largest absolute Gasteiger partial charge is 0.468 e. The third kappa shape index (κ3) is 2.75. The van der Waals surface area contributed by atoms with Crippen molar-refractivity contribution in [2.24, 2.45) is 0 Å². The molecule has 160 valence electrons. The molecule has 1 amide bonds. The van der Waals surface area contributed by atoms with Crippen molar-refractivity contribution in [3.8, 4) is 0 Å². The standard InChI is InChI=1S/C26H21FN2O3/c27-19-8-3-1-7-17(19)25-24-16(15-6-2-4-9-20(15)28-24)12-13-29(25)26(31)18-14-32-22-11-5-10-21(30)23(18)22/h1-4,6-9,14,25,28H,5,10-13H2. The second-order valence-corrected chi connectivity index (χ2v) is 8.46. The van der Waals surface area contributed by atoms with Gasteiger partial charge < -0.3 is 14.3 Å². The summed E-state index contributed by atoms with van der Waals surface area (Å²) in [6.45, 7) is 0.417. The van der Waals surface area contributed by atoms with E-state index in [1.54, 1.807) is 23.1 Å². The zero-order chi connectivity index (χ0) is 21.8. The molecule has 0 saturated heterocycles. The maximum Gasteiger partial charge on any atom is 0.258 e. The third-order valence-corrected chi connectivity index (χ3v) is 6.68. The number of aromatic nitrogens is 1. The quantitative estimate of drug-likeness (QED) is 0.477. The number of Topliss-reactive ketones (excluding diaryl/α,β-unsaturated/α-hetero) is 1. The Hall–Kier alpha value is -3.67. The molecule has 6 rings (SSSR count). The minimum atomic E-state index is -0.621. The molecule has 1 atom stereocenters. The SMILES string of the molecule is O=C1CCCc2occ(C(=O)N3CCc4c([nH]c5ccccc45)C3c3ccccc3F)c21. The number of carbonyl (C=O) groups excluding carboxylic acids is 2. The van der Waals surface area contributed by atoms with Gasteiger partial charge in [-0.1, -0.05) is 36.4 Å². The van der Waals surface area contributed by atoms with E-state index in [0.717, 1.165) is 28.6 Å². The first kappa shape index (κ1) is 19.0. The predicted molar refractivity (Wildman–Crippen MR) is 117 cm³/mol. The van der Waals surface area contributed by atoms with Crippen LogP contribution in [0.5, 0.6) is 0 Å². The van der Waals surface area contributed by atoms with E-state index in [1.807, 2.05) is 24.3 Å². The van der Waals surface area contributed by atoms with Crippen molar-refractivity contribution in [1.82, 2.24) is 9.88 Å². The predicted octanol–water partition coefficient (Wildman–Crippen LogP) is 5.21. The van der Waals surface area contributed by atoms with E-state index in [2.05, 4.69) is 4.98 Å². The van der Waals surface area contributed by atoms with Crippen LogP contribution in [0.4, 0.5) is 4.39 Å². The van der Waals surface area contributed by atoms with Crippen molar-refractivity contribution in [3.05, 3.63) is 94.3 Å². The zero-order valence-corrected chi connectivity index (χ0v) is 17.4. The first-order valence-corrected chi connectivity index (χ1v) is 10.9. The Bertz CT molecular complexity index is 1380. The van der Waals surface area contributed by atoms with Gasteiger partial charge in [-0.2, -0.15) is 0 Å². The summed E-state index contributed by atoms with van der Waals surface area (Å²) in [6, 6.07) is 13.9. The van der Waals surface area contributed by atoms with Crippen LogP contribution in [-0.4, -0.2) is 28.1 Å². The van der Waals surface area contributed by atoms with Gasteiger partial charge in [-0.15, -0.1) is 0 Å². The van der Waals surface area contributed by atoms with Crippen molar-refractivity contribution < 1.29 is 18.4 Å². The zero-order valence-electron chi connectivity index (χ0n) is 17.4. The molecule has 3 heterocycles. The van der Waals surface area contributed by atoms with Crippen LogP contribution in [0.2, 0.25) is 0 Å². The van der Waals surface area contributed by atoms with Crippen LogP contribution in [0.25, 0.3) is 10.9 Å². The second kappa shape index (κ2) is 7.19. The number of furan rings is 1. The number of hydrogen-bond acceptors (Lipinski definition) is 3. The number of ketones is 1. The average molecular weight is 428 g/mol. The number of nitrogens with zero attached hydrogens (tertiary/aromatic N) is 1. The van der Waals surface area contributed by atoms with Crippen LogP contribution in [0.1, 0.15) is 62.2 Å². The monoisotopic (exact) mass is 428 g/mol. The van der Waals surface area contributed by atoms with Crippen LogP contribution in [-0.2, 0) is 12.8 Å². The molecular formula is C26H21FN2O3. The van der Waals surface area contributed by atoms with Gasteiger partial charge >= 0.3 is 0 Å². The molecule has 0 spiro atoms. The number of H-pyrrole nitrogens is 1. The molecule has 32 heavy (non-hydrogen) atoms. The van der Waals surface area contributed by atoms with Crippen LogP contribution in [0, 0.1) is 5.82 Å². The van der Waals surface area contributed by atoms with Crippen LogP contribution in [0.3, 0.4) is 0 Å². The minimum absolute atomic E-state index is 0.0610. The molecular weight excluding hydrogens is 407 g/mol. The van der Waals surface area contributed by atoms with Gasteiger partial charge in [0.1, 0.15) is 23.9 Å². The molecule has 2 aromatic carbocycles. The summed E-state index contributed by atoms with van der Waals surface area (Å²) >= 11 is 0. The highest BCUT2D eigenvalue weighted by Gasteiger charge is 2.38. The number of hydrogen-bond donors (Lipinski definition) is 1. The Kier molecular flexibility index (Phi) is 4.28. The molecule has 4 aromatic rings. The number of nitrogens with one attached hydrogen (secondary N) is 1. The van der Waals surface area contributed by atoms with E-state index >= 15 is 4.39 Å². The number of benzene rings is 2. The number of aromatic amines is 1. The number of aryl methyl sites for hydroxylation is 1. The summed E-state index contributed by atoms with van der Waals surface area (Å²) in [4.78, 5) is 31.5. The van der Waals surface area contributed by atoms with Gasteiger partial charge in [0, 0.05) is 41.5 Å². The van der Waals surface area contributed by atoms with Crippen molar-refractivity contribution in [1.29, 1.82) is 0 Å². The summed E-state index contributed by atoms with van der Waals surface area (Å²) < 4.78 is 20.6. The summed E-state index contributed by atoms with van der Waals surface area (Å²) in [5.74, 6) is -0.153. The fourth-order valence-electron chi connectivity index (χ4n) is 5.21. The van der Waals surface area contributed by atoms with Gasteiger partial charge in [0.05, 0.1) is 11.1 Å². The highest BCUT2D eigenvalue weighted by molar-refractivity contribution is 6.09.